The van der Waals surface area contributed by atoms with Gasteiger partial charge in [0.25, 0.3) is 0 Å². The predicted octanol–water partition coefficient (Wildman–Crippen LogP) is 3.11. The van der Waals surface area contributed by atoms with Crippen molar-refractivity contribution in [2.24, 2.45) is 5.41 Å². The molecule has 1 nitrogen and oxygen atoms in total. The van der Waals surface area contributed by atoms with E-state index in [1.807, 2.05) is 0 Å². The summed E-state index contributed by atoms with van der Waals surface area (Å²) in [5.41, 5.74) is 0.593. The summed E-state index contributed by atoms with van der Waals surface area (Å²) in [6.45, 7) is 11.7. The van der Waals surface area contributed by atoms with E-state index in [1.165, 1.54) is 16.2 Å². The van der Waals surface area contributed by atoms with Gasteiger partial charge in [0.1, 0.15) is 0 Å². The summed E-state index contributed by atoms with van der Waals surface area (Å²) in [5, 5.41) is 1.31. The van der Waals surface area contributed by atoms with Crippen molar-refractivity contribution >= 4 is 25.6 Å². The van der Waals surface area contributed by atoms with Crippen LogP contribution in [-0.2, 0) is 0 Å². The molecule has 0 amide bonds. The average molecular weight is 323 g/mol. The van der Waals surface area contributed by atoms with Crippen molar-refractivity contribution < 1.29 is 4.58 Å². The number of benzene rings is 1. The molecular formula is C17H26NSe+. The first-order chi connectivity index (χ1) is 8.78. The molecule has 1 aliphatic heterocycles. The molecule has 0 bridgehead atoms. The van der Waals surface area contributed by atoms with Gasteiger partial charge in [0.05, 0.1) is 0 Å². The van der Waals surface area contributed by atoms with Crippen LogP contribution < -0.4 is 4.46 Å². The SMILES string of the molecule is CC1(C)C=[N+](C(C)(C)C)C(C[Se]c2ccccc2)C1. The number of hydrogen-bond donors (Lipinski definition) is 0. The Morgan fingerprint density at radius 2 is 1.84 bits per heavy atom. The summed E-state index contributed by atoms with van der Waals surface area (Å²) in [5.74, 6) is 0. The molecule has 1 atom stereocenters. The fourth-order valence-corrected chi connectivity index (χ4v) is 4.96. The van der Waals surface area contributed by atoms with Gasteiger partial charge in [-0.3, -0.25) is 0 Å². The third-order valence-electron chi connectivity index (χ3n) is 3.60. The summed E-state index contributed by atoms with van der Waals surface area (Å²) in [6, 6.07) is 11.7. The van der Waals surface area contributed by atoms with Gasteiger partial charge in [-0.15, -0.1) is 0 Å². The average Bonchev–Trinajstić information content (AvgIpc) is 2.63. The van der Waals surface area contributed by atoms with E-state index in [2.05, 4.69) is 75.7 Å². The number of nitrogens with zero attached hydrogens (tertiary/aromatic N) is 1. The van der Waals surface area contributed by atoms with Crippen LogP contribution in [0.1, 0.15) is 41.0 Å². The fraction of sp³-hybridized carbons (Fsp3) is 0.588. The van der Waals surface area contributed by atoms with Crippen LogP contribution >= 0.6 is 0 Å². The molecular weight excluding hydrogens is 297 g/mol. The van der Waals surface area contributed by atoms with E-state index in [4.69, 9.17) is 0 Å². The molecule has 104 valence electrons. The fourth-order valence-electron chi connectivity index (χ4n) is 2.83. The first kappa shape index (κ1) is 14.8. The zero-order chi connectivity index (χ0) is 14.1. The standard InChI is InChI=1S/C17H26NSe/c1-16(2,3)18-13-17(4,5)11-14(18)12-19-15-9-7-6-8-10-15/h6-10,13-14H,11-12H2,1-5H3/q+1. The second-order valence-electron chi connectivity index (χ2n) is 7.18. The van der Waals surface area contributed by atoms with Crippen molar-refractivity contribution in [1.29, 1.82) is 0 Å². The minimum atomic E-state index is 0.241. The summed E-state index contributed by atoms with van der Waals surface area (Å²) < 4.78 is 4.13. The third-order valence-corrected chi connectivity index (χ3v) is 6.03. The van der Waals surface area contributed by atoms with Gasteiger partial charge >= 0.3 is 124 Å². The quantitative estimate of drug-likeness (QED) is 0.594. The van der Waals surface area contributed by atoms with Crippen LogP contribution in [0.25, 0.3) is 0 Å². The maximum atomic E-state index is 2.61. The van der Waals surface area contributed by atoms with Crippen molar-refractivity contribution in [3.05, 3.63) is 30.3 Å². The van der Waals surface area contributed by atoms with Crippen molar-refractivity contribution in [3.63, 3.8) is 0 Å². The van der Waals surface area contributed by atoms with Crippen LogP contribution in [0.5, 0.6) is 0 Å². The molecule has 19 heavy (non-hydrogen) atoms. The Morgan fingerprint density at radius 3 is 2.42 bits per heavy atom. The Hall–Kier alpha value is -0.591. The van der Waals surface area contributed by atoms with Gasteiger partial charge in [-0.1, -0.05) is 0 Å². The topological polar surface area (TPSA) is 3.01 Å². The number of rotatable bonds is 3. The minimum absolute atomic E-state index is 0.241. The third kappa shape index (κ3) is 3.94. The zero-order valence-electron chi connectivity index (χ0n) is 12.8. The van der Waals surface area contributed by atoms with Crippen molar-refractivity contribution in [1.82, 2.24) is 0 Å². The van der Waals surface area contributed by atoms with Gasteiger partial charge in [-0.25, -0.2) is 0 Å². The summed E-state index contributed by atoms with van der Waals surface area (Å²) in [4.78, 5) is 0. The number of hydrogen-bond acceptors (Lipinski definition) is 0. The Morgan fingerprint density at radius 1 is 1.21 bits per heavy atom. The van der Waals surface area contributed by atoms with Crippen molar-refractivity contribution in [2.45, 2.75) is 57.9 Å². The second-order valence-corrected chi connectivity index (χ2v) is 9.47. The molecule has 1 heterocycles. The molecule has 0 aromatic heterocycles. The zero-order valence-corrected chi connectivity index (χ0v) is 14.5. The molecule has 1 aromatic carbocycles. The van der Waals surface area contributed by atoms with E-state index >= 15 is 0 Å². The van der Waals surface area contributed by atoms with Crippen LogP contribution in [0.4, 0.5) is 0 Å². The molecule has 0 fully saturated rings. The summed E-state index contributed by atoms with van der Waals surface area (Å²) >= 11 is 0.587. The Balaban J connectivity index is 2.06. The normalized spacial score (nSPS) is 22.4. The predicted molar refractivity (Wildman–Crippen MR) is 84.9 cm³/mol. The Labute approximate surface area is 124 Å². The molecule has 2 rings (SSSR count). The van der Waals surface area contributed by atoms with Crippen LogP contribution in [0.3, 0.4) is 0 Å². The molecule has 0 aliphatic carbocycles. The molecule has 0 radical (unpaired) electrons. The van der Waals surface area contributed by atoms with Crippen LogP contribution in [0, 0.1) is 5.41 Å². The van der Waals surface area contributed by atoms with Gasteiger partial charge in [-0.05, 0) is 0 Å². The first-order valence-electron chi connectivity index (χ1n) is 7.10. The molecule has 0 saturated carbocycles. The van der Waals surface area contributed by atoms with E-state index in [0.717, 1.165) is 0 Å². The molecule has 0 spiro atoms. The van der Waals surface area contributed by atoms with E-state index in [9.17, 15) is 0 Å². The Kier molecular flexibility index (Phi) is 4.23. The van der Waals surface area contributed by atoms with E-state index < -0.39 is 0 Å². The molecule has 1 aliphatic rings. The molecule has 0 N–H and O–H groups in total. The molecule has 2 heteroatoms. The van der Waals surface area contributed by atoms with Gasteiger partial charge in [0.2, 0.25) is 0 Å². The van der Waals surface area contributed by atoms with Gasteiger partial charge in [-0.2, -0.15) is 0 Å². The first-order valence-corrected chi connectivity index (χ1v) is 9.17. The Bertz CT molecular complexity index is 454. The molecule has 0 saturated heterocycles. The summed E-state index contributed by atoms with van der Waals surface area (Å²) in [6.07, 6.45) is 3.76. The van der Waals surface area contributed by atoms with Crippen LogP contribution in [0.15, 0.2) is 30.3 Å². The van der Waals surface area contributed by atoms with Gasteiger partial charge in [0.15, 0.2) is 0 Å². The van der Waals surface area contributed by atoms with Gasteiger partial charge in [0, 0.05) is 0 Å². The second kappa shape index (κ2) is 5.42. The van der Waals surface area contributed by atoms with Crippen LogP contribution in [0.2, 0.25) is 5.32 Å². The maximum absolute atomic E-state index is 2.61. The van der Waals surface area contributed by atoms with E-state index in [1.54, 1.807) is 0 Å². The summed E-state index contributed by atoms with van der Waals surface area (Å²) in [7, 11) is 0. The van der Waals surface area contributed by atoms with Crippen LogP contribution in [-0.4, -0.2) is 37.3 Å². The molecule has 1 unspecified atom stereocenters. The molecule has 1 aromatic rings. The van der Waals surface area contributed by atoms with Crippen molar-refractivity contribution in [3.8, 4) is 0 Å². The van der Waals surface area contributed by atoms with Gasteiger partial charge < -0.3 is 0 Å². The monoisotopic (exact) mass is 324 g/mol. The van der Waals surface area contributed by atoms with Crippen molar-refractivity contribution in [2.75, 3.05) is 0 Å². The van der Waals surface area contributed by atoms with E-state index in [0.29, 0.717) is 26.4 Å². The van der Waals surface area contributed by atoms with E-state index in [-0.39, 0.29) is 5.54 Å².